The topological polar surface area (TPSA) is 109 Å². The van der Waals surface area contributed by atoms with Crippen LogP contribution in [0, 0.1) is 22.8 Å². The Morgan fingerprint density at radius 3 is 2.57 bits per heavy atom. The van der Waals surface area contributed by atoms with E-state index in [1.54, 1.807) is 6.92 Å². The molecule has 12 heteroatoms. The van der Waals surface area contributed by atoms with Gasteiger partial charge in [0.15, 0.2) is 0 Å². The molecule has 2 N–H and O–H groups in total. The number of benzene rings is 1. The molecular weight excluding hydrogens is 499 g/mol. The molecule has 2 unspecified atom stereocenters. The molecule has 2 rings (SSSR count). The van der Waals surface area contributed by atoms with Crippen molar-refractivity contribution in [2.75, 3.05) is 13.2 Å². The first-order valence-electron chi connectivity index (χ1n) is 11.1. The number of hydrogen-bond acceptors (Lipinski definition) is 6. The maximum atomic E-state index is 13.5. The number of hydrogen-bond donors (Lipinski definition) is 2. The van der Waals surface area contributed by atoms with E-state index in [1.165, 1.54) is 0 Å². The number of ether oxygens (including phenoxy) is 1. The van der Waals surface area contributed by atoms with Gasteiger partial charge in [0.1, 0.15) is 14.6 Å². The zero-order valence-corrected chi connectivity index (χ0v) is 21.9. The predicted octanol–water partition coefficient (Wildman–Crippen LogP) is 4.03. The highest BCUT2D eigenvalue weighted by atomic mass is 32.2. The van der Waals surface area contributed by atoms with Gasteiger partial charge in [-0.2, -0.15) is 13.2 Å². The summed E-state index contributed by atoms with van der Waals surface area (Å²) in [6.07, 6.45) is -2.35. The van der Waals surface area contributed by atoms with Crippen molar-refractivity contribution in [2.24, 2.45) is 10.9 Å². The third kappa shape index (κ3) is 8.59. The summed E-state index contributed by atoms with van der Waals surface area (Å²) in [6, 6.07) is 1.76. The van der Waals surface area contributed by atoms with Crippen molar-refractivity contribution in [3.8, 4) is 11.5 Å². The van der Waals surface area contributed by atoms with E-state index >= 15 is 0 Å². The quantitative estimate of drug-likeness (QED) is 0.241. The van der Waals surface area contributed by atoms with Crippen LogP contribution >= 0.6 is 0 Å². The van der Waals surface area contributed by atoms with Crippen LogP contribution in [0.25, 0.3) is 0 Å². The van der Waals surface area contributed by atoms with Crippen LogP contribution in [0.5, 0.6) is 0 Å². The fourth-order valence-electron chi connectivity index (χ4n) is 3.50. The number of esters is 1. The highest BCUT2D eigenvalue weighted by molar-refractivity contribution is 7.89. The third-order valence-electron chi connectivity index (χ3n) is 5.09. The summed E-state index contributed by atoms with van der Waals surface area (Å²) < 4.78 is 74.1. The molecule has 192 valence electrons. The molecule has 1 aromatic carbocycles. The Morgan fingerprint density at radius 2 is 2.00 bits per heavy atom. The molecule has 0 spiro atoms. The minimum Gasteiger partial charge on any atom is -0.465 e. The summed E-state index contributed by atoms with van der Waals surface area (Å²) in [5.74, 6) is 1.43. The van der Waals surface area contributed by atoms with E-state index in [9.17, 15) is 26.4 Å². The van der Waals surface area contributed by atoms with Gasteiger partial charge in [-0.05, 0) is 44.4 Å². The number of halogens is 3. The largest absolute Gasteiger partial charge is 0.465 e. The van der Waals surface area contributed by atoms with Crippen molar-refractivity contribution in [1.82, 2.24) is 4.72 Å². The van der Waals surface area contributed by atoms with E-state index in [0.717, 1.165) is 18.3 Å². The summed E-state index contributed by atoms with van der Waals surface area (Å²) in [5.41, 5.74) is 2.28. The minimum absolute atomic E-state index is 0.0356. The van der Waals surface area contributed by atoms with Gasteiger partial charge in [0.2, 0.25) is 10.0 Å². The maximum Gasteiger partial charge on any atom is 0.416 e. The lowest BCUT2D eigenvalue weighted by atomic mass is 9.84. The summed E-state index contributed by atoms with van der Waals surface area (Å²) in [5, 5.41) is 7.78. The van der Waals surface area contributed by atoms with Crippen molar-refractivity contribution in [3.05, 3.63) is 29.3 Å². The fraction of sp³-hybridized carbons (Fsp3) is 0.522. The molecule has 0 saturated heterocycles. The van der Waals surface area contributed by atoms with Gasteiger partial charge in [0.25, 0.3) is 0 Å². The lowest BCUT2D eigenvalue weighted by Crippen LogP contribution is -2.46. The zero-order chi connectivity index (χ0) is 26.4. The third-order valence-corrected chi connectivity index (χ3v) is 7.44. The maximum absolute atomic E-state index is 13.5. The summed E-state index contributed by atoms with van der Waals surface area (Å²) in [6.45, 7) is 7.38. The zero-order valence-electron chi connectivity index (χ0n) is 20.1. The number of nitrogens with one attached hydrogen (secondary N) is 2. The van der Waals surface area contributed by atoms with Gasteiger partial charge in [-0.25, -0.2) is 13.1 Å². The van der Waals surface area contributed by atoms with Crippen LogP contribution in [-0.2, 0) is 25.7 Å². The SMILES string of the molecule is CCOC(=O)CN=C1CCCC(NS(=O)(=O)c2cc(C#C[Si](C)(C)C)cc(C(F)(F)F)c2)C1C=N. The van der Waals surface area contributed by atoms with Crippen LogP contribution < -0.4 is 4.72 Å². The average Bonchev–Trinajstić information content (AvgIpc) is 2.75. The van der Waals surface area contributed by atoms with Gasteiger partial charge in [-0.1, -0.05) is 25.6 Å². The summed E-state index contributed by atoms with van der Waals surface area (Å²) >= 11 is 0. The number of aliphatic imine (C=N–C) groups is 1. The second kappa shape index (κ2) is 11.5. The molecule has 7 nitrogen and oxygen atoms in total. The van der Waals surface area contributed by atoms with E-state index in [0.29, 0.717) is 31.0 Å². The lowest BCUT2D eigenvalue weighted by Gasteiger charge is -2.30. The molecule has 1 aliphatic rings. The molecule has 0 aromatic heterocycles. The van der Waals surface area contributed by atoms with Gasteiger partial charge >= 0.3 is 12.1 Å². The van der Waals surface area contributed by atoms with E-state index in [2.05, 4.69) is 21.2 Å². The van der Waals surface area contributed by atoms with Crippen LogP contribution in [0.1, 0.15) is 37.3 Å². The van der Waals surface area contributed by atoms with E-state index in [4.69, 9.17) is 10.1 Å². The molecule has 0 radical (unpaired) electrons. The molecule has 0 heterocycles. The molecule has 1 aromatic rings. The number of carbonyl (C=O) groups excluding carboxylic acids is 1. The van der Waals surface area contributed by atoms with Crippen LogP contribution in [0.3, 0.4) is 0 Å². The van der Waals surface area contributed by atoms with Crippen LogP contribution in [0.4, 0.5) is 13.2 Å². The summed E-state index contributed by atoms with van der Waals surface area (Å²) in [4.78, 5) is 15.3. The van der Waals surface area contributed by atoms with Gasteiger partial charge < -0.3 is 10.1 Å². The smallest absolute Gasteiger partial charge is 0.416 e. The first kappa shape index (κ1) is 28.7. The second-order valence-corrected chi connectivity index (χ2v) is 15.6. The van der Waals surface area contributed by atoms with E-state index in [-0.39, 0.29) is 18.7 Å². The number of nitrogens with zero attached hydrogens (tertiary/aromatic N) is 1. The summed E-state index contributed by atoms with van der Waals surface area (Å²) in [7, 11) is -6.31. The van der Waals surface area contributed by atoms with Gasteiger partial charge in [-0.15, -0.1) is 5.54 Å². The Morgan fingerprint density at radius 1 is 1.31 bits per heavy atom. The van der Waals surface area contributed by atoms with E-state index < -0.39 is 52.7 Å². The Balaban J connectivity index is 2.40. The Labute approximate surface area is 205 Å². The number of rotatable bonds is 7. The average molecular weight is 530 g/mol. The van der Waals surface area contributed by atoms with E-state index in [1.807, 2.05) is 19.6 Å². The molecule has 2 atom stereocenters. The normalized spacial score (nSPS) is 20.1. The first-order valence-corrected chi connectivity index (χ1v) is 16.1. The monoisotopic (exact) mass is 529 g/mol. The first-order chi connectivity index (χ1) is 16.2. The van der Waals surface area contributed by atoms with Crippen molar-refractivity contribution in [3.63, 3.8) is 0 Å². The molecule has 1 fully saturated rings. The van der Waals surface area contributed by atoms with Crippen LogP contribution in [0.15, 0.2) is 28.1 Å². The Bertz CT molecular complexity index is 1150. The highest BCUT2D eigenvalue weighted by Crippen LogP contribution is 2.32. The van der Waals surface area contributed by atoms with Crippen LogP contribution in [-0.4, -0.2) is 53.6 Å². The Hall–Kier alpha value is -2.49. The van der Waals surface area contributed by atoms with Crippen molar-refractivity contribution in [1.29, 1.82) is 5.41 Å². The molecule has 0 amide bonds. The molecule has 1 saturated carbocycles. The van der Waals surface area contributed by atoms with Gasteiger partial charge in [0, 0.05) is 29.4 Å². The standard InChI is InChI=1S/C23H30F3N3O4SSi/c1-5-33-22(30)15-28-20-7-6-8-21(19(20)14-27)29-34(31,32)18-12-16(9-10-35(2,3)4)11-17(13-18)23(24,25)26/h11-14,19,21,27,29H,5-8,15H2,1-4H3. The molecule has 0 aliphatic heterocycles. The lowest BCUT2D eigenvalue weighted by molar-refractivity contribution is -0.141. The highest BCUT2D eigenvalue weighted by Gasteiger charge is 2.35. The van der Waals surface area contributed by atoms with Crippen molar-refractivity contribution in [2.45, 2.75) is 62.9 Å². The van der Waals surface area contributed by atoms with Gasteiger partial charge in [0.05, 0.1) is 17.1 Å². The van der Waals surface area contributed by atoms with Crippen molar-refractivity contribution >= 4 is 36.0 Å². The fourth-order valence-corrected chi connectivity index (χ4v) is 5.38. The predicted molar refractivity (Wildman–Crippen MR) is 131 cm³/mol. The van der Waals surface area contributed by atoms with Gasteiger partial charge in [-0.3, -0.25) is 9.79 Å². The molecular formula is C23H30F3N3O4SSi. The minimum atomic E-state index is -4.75. The molecule has 0 bridgehead atoms. The molecule has 1 aliphatic carbocycles. The number of carbonyl (C=O) groups is 1. The number of sulfonamides is 1. The molecule has 35 heavy (non-hydrogen) atoms. The number of alkyl halides is 3. The van der Waals surface area contributed by atoms with Crippen LogP contribution in [0.2, 0.25) is 19.6 Å². The Kier molecular flexibility index (Phi) is 9.44. The second-order valence-electron chi connectivity index (χ2n) is 9.17. The van der Waals surface area contributed by atoms with Crippen molar-refractivity contribution < 1.29 is 31.1 Å².